The van der Waals surface area contributed by atoms with Gasteiger partial charge < -0.3 is 0 Å². The lowest BCUT2D eigenvalue weighted by Crippen LogP contribution is -2.33. The van der Waals surface area contributed by atoms with E-state index in [-0.39, 0.29) is 0 Å². The second kappa shape index (κ2) is 8.07. The molecule has 0 bridgehead atoms. The lowest BCUT2D eigenvalue weighted by atomic mass is 10.1. The van der Waals surface area contributed by atoms with Crippen molar-refractivity contribution in [3.05, 3.63) is 49.1 Å². The summed E-state index contributed by atoms with van der Waals surface area (Å²) in [6.07, 6.45) is 11.2. The molecule has 0 spiro atoms. The van der Waals surface area contributed by atoms with E-state index in [1.807, 2.05) is 0 Å². The van der Waals surface area contributed by atoms with Gasteiger partial charge in [-0.15, -0.1) is 0 Å². The van der Waals surface area contributed by atoms with Crippen molar-refractivity contribution in [2.75, 3.05) is 0 Å². The Bertz CT molecular complexity index is 500. The molecule has 2 rings (SSSR count). The second-order valence-electron chi connectivity index (χ2n) is 7.01. The molecule has 0 unspecified atom stereocenters. The molecule has 0 aliphatic carbocycles. The summed E-state index contributed by atoms with van der Waals surface area (Å²) in [6.45, 7) is 11.3. The molecule has 0 fully saturated rings. The van der Waals surface area contributed by atoms with Crippen molar-refractivity contribution < 1.29 is 9.13 Å². The van der Waals surface area contributed by atoms with E-state index >= 15 is 0 Å². The maximum atomic E-state index is 2.27. The lowest BCUT2D eigenvalue weighted by Gasteiger charge is -2.04. The molecule has 0 aliphatic heterocycles. The zero-order valence-corrected chi connectivity index (χ0v) is 14.5. The number of pyridine rings is 2. The number of nitrogens with zero attached hydrogens (tertiary/aromatic N) is 2. The van der Waals surface area contributed by atoms with Crippen LogP contribution in [0.3, 0.4) is 0 Å². The van der Waals surface area contributed by atoms with Crippen LogP contribution in [-0.4, -0.2) is 0 Å². The third-order valence-corrected chi connectivity index (χ3v) is 4.04. The van der Waals surface area contributed by atoms with Crippen LogP contribution in [0.15, 0.2) is 49.1 Å². The summed E-state index contributed by atoms with van der Waals surface area (Å²) in [7, 11) is 0. The van der Waals surface area contributed by atoms with Gasteiger partial charge in [-0.25, -0.2) is 9.13 Å². The summed E-state index contributed by atoms with van der Waals surface area (Å²) in [5.74, 6) is 1.50. The summed E-state index contributed by atoms with van der Waals surface area (Å²) in [4.78, 5) is 0. The summed E-state index contributed by atoms with van der Waals surface area (Å²) in [6, 6.07) is 8.87. The zero-order valence-electron chi connectivity index (χ0n) is 14.5. The summed E-state index contributed by atoms with van der Waals surface area (Å²) in [5.41, 5.74) is 2.58. The first-order chi connectivity index (χ1) is 10.5. The molecule has 0 amide bonds. The van der Waals surface area contributed by atoms with Crippen molar-refractivity contribution in [1.82, 2.24) is 0 Å². The topological polar surface area (TPSA) is 7.76 Å². The molecule has 2 aromatic rings. The standard InChI is InChI=1S/C20H30N2/c1-17(2)5-11-21-13-7-19(8-14-21)20-9-15-22(16-10-20)12-6-18(3)4/h7-10,13-18H,5-6,11-12H2,1-4H3/q+2. The number of aryl methyl sites for hydroxylation is 2. The van der Waals surface area contributed by atoms with Crippen molar-refractivity contribution in [3.8, 4) is 11.1 Å². The summed E-state index contributed by atoms with van der Waals surface area (Å²) >= 11 is 0. The highest BCUT2D eigenvalue weighted by Gasteiger charge is 2.07. The maximum absolute atomic E-state index is 2.27. The van der Waals surface area contributed by atoms with Crippen molar-refractivity contribution in [3.63, 3.8) is 0 Å². The normalized spacial score (nSPS) is 11.4. The molecule has 0 saturated carbocycles. The fourth-order valence-electron chi connectivity index (χ4n) is 2.41. The minimum Gasteiger partial charge on any atom is -0.205 e. The van der Waals surface area contributed by atoms with Gasteiger partial charge in [0.05, 0.1) is 0 Å². The Kier molecular flexibility index (Phi) is 6.11. The number of aromatic nitrogens is 2. The Labute approximate surface area is 135 Å². The molecule has 0 saturated heterocycles. The molecule has 0 aliphatic rings. The number of hydrogen-bond donors (Lipinski definition) is 0. The Morgan fingerprint density at radius 2 is 0.955 bits per heavy atom. The largest absolute Gasteiger partial charge is 0.205 e. The van der Waals surface area contributed by atoms with Gasteiger partial charge in [0.15, 0.2) is 24.8 Å². The minimum atomic E-state index is 0.752. The molecule has 0 aromatic carbocycles. The summed E-state index contributed by atoms with van der Waals surface area (Å²) < 4.78 is 4.55. The van der Waals surface area contributed by atoms with Gasteiger partial charge in [-0.05, 0) is 23.0 Å². The highest BCUT2D eigenvalue weighted by atomic mass is 14.9. The smallest absolute Gasteiger partial charge is 0.169 e. The third kappa shape index (κ3) is 5.25. The van der Waals surface area contributed by atoms with E-state index < -0.39 is 0 Å². The van der Waals surface area contributed by atoms with E-state index in [1.165, 1.54) is 24.0 Å². The first-order valence-electron chi connectivity index (χ1n) is 8.53. The molecule has 2 nitrogen and oxygen atoms in total. The van der Waals surface area contributed by atoms with Crippen LogP contribution in [0.25, 0.3) is 11.1 Å². The predicted molar refractivity (Wildman–Crippen MR) is 91.2 cm³/mol. The van der Waals surface area contributed by atoms with Gasteiger partial charge in [0, 0.05) is 37.1 Å². The second-order valence-corrected chi connectivity index (χ2v) is 7.01. The lowest BCUT2D eigenvalue weighted by molar-refractivity contribution is -0.698. The van der Waals surface area contributed by atoms with E-state index in [0.29, 0.717) is 0 Å². The van der Waals surface area contributed by atoms with Crippen molar-refractivity contribution in [2.45, 2.75) is 53.6 Å². The molecule has 0 atom stereocenters. The number of hydrogen-bond acceptors (Lipinski definition) is 0. The number of rotatable bonds is 7. The molecule has 2 heteroatoms. The fourth-order valence-corrected chi connectivity index (χ4v) is 2.41. The molecule has 118 valence electrons. The highest BCUT2D eigenvalue weighted by Crippen LogP contribution is 2.15. The molecule has 2 heterocycles. The van der Waals surface area contributed by atoms with Gasteiger partial charge >= 0.3 is 0 Å². The quantitative estimate of drug-likeness (QED) is 0.682. The molecule has 0 N–H and O–H groups in total. The van der Waals surface area contributed by atoms with E-state index in [4.69, 9.17) is 0 Å². The molecule has 0 radical (unpaired) electrons. The van der Waals surface area contributed by atoms with Gasteiger partial charge in [-0.2, -0.15) is 0 Å². The molecule has 22 heavy (non-hydrogen) atoms. The minimum absolute atomic E-state index is 0.752. The zero-order chi connectivity index (χ0) is 15.9. The van der Waals surface area contributed by atoms with Crippen LogP contribution in [0.1, 0.15) is 40.5 Å². The van der Waals surface area contributed by atoms with Crippen LogP contribution in [-0.2, 0) is 13.1 Å². The Morgan fingerprint density at radius 1 is 0.636 bits per heavy atom. The van der Waals surface area contributed by atoms with Crippen LogP contribution in [0, 0.1) is 11.8 Å². The monoisotopic (exact) mass is 298 g/mol. The molecular formula is C20H30N2+2. The SMILES string of the molecule is CC(C)CC[n+]1ccc(-c2cc[n+](CCC(C)C)cc2)cc1. The van der Waals surface area contributed by atoms with Gasteiger partial charge in [0.25, 0.3) is 0 Å². The van der Waals surface area contributed by atoms with E-state index in [1.54, 1.807) is 0 Å². The highest BCUT2D eigenvalue weighted by molar-refractivity contribution is 5.60. The van der Waals surface area contributed by atoms with Crippen molar-refractivity contribution >= 4 is 0 Å². The average molecular weight is 298 g/mol. The van der Waals surface area contributed by atoms with Crippen molar-refractivity contribution in [2.24, 2.45) is 11.8 Å². The van der Waals surface area contributed by atoms with E-state index in [9.17, 15) is 0 Å². The van der Waals surface area contributed by atoms with Gasteiger partial charge in [0.1, 0.15) is 13.1 Å². The summed E-state index contributed by atoms with van der Waals surface area (Å²) in [5, 5.41) is 0. The molecular weight excluding hydrogens is 268 g/mol. The van der Waals surface area contributed by atoms with Crippen LogP contribution in [0.5, 0.6) is 0 Å². The van der Waals surface area contributed by atoms with Crippen LogP contribution < -0.4 is 9.13 Å². The van der Waals surface area contributed by atoms with E-state index in [2.05, 4.69) is 85.9 Å². The maximum Gasteiger partial charge on any atom is 0.169 e. The third-order valence-electron chi connectivity index (χ3n) is 4.04. The molecule has 2 aromatic heterocycles. The van der Waals surface area contributed by atoms with Gasteiger partial charge in [0.2, 0.25) is 0 Å². The Morgan fingerprint density at radius 3 is 1.23 bits per heavy atom. The predicted octanol–water partition coefficient (Wildman–Crippen LogP) is 4.02. The van der Waals surface area contributed by atoms with Crippen molar-refractivity contribution in [1.29, 1.82) is 0 Å². The van der Waals surface area contributed by atoms with Gasteiger partial charge in [-0.1, -0.05) is 27.7 Å². The first kappa shape index (κ1) is 16.7. The average Bonchev–Trinajstić information content (AvgIpc) is 2.52. The Hall–Kier alpha value is -1.70. The first-order valence-corrected chi connectivity index (χ1v) is 8.53. The Balaban J connectivity index is 1.99. The van der Waals surface area contributed by atoms with Crippen LogP contribution >= 0.6 is 0 Å². The fraction of sp³-hybridized carbons (Fsp3) is 0.500. The van der Waals surface area contributed by atoms with E-state index in [0.717, 1.165) is 24.9 Å². The van der Waals surface area contributed by atoms with Gasteiger partial charge in [-0.3, -0.25) is 0 Å². The van der Waals surface area contributed by atoms with Crippen LogP contribution in [0.2, 0.25) is 0 Å². The van der Waals surface area contributed by atoms with Crippen LogP contribution in [0.4, 0.5) is 0 Å².